The van der Waals surface area contributed by atoms with E-state index in [1.54, 1.807) is 19.1 Å². The number of thiocarbonyl (C=S) groups is 1. The van der Waals surface area contributed by atoms with Crippen molar-refractivity contribution in [3.05, 3.63) is 40.5 Å². The Labute approximate surface area is 126 Å². The molecule has 0 atom stereocenters. The molecule has 1 aromatic carbocycles. The predicted molar refractivity (Wildman–Crippen MR) is 84.7 cm³/mol. The summed E-state index contributed by atoms with van der Waals surface area (Å²) >= 11 is 6.09. The van der Waals surface area contributed by atoms with E-state index in [1.165, 1.54) is 6.20 Å². The van der Waals surface area contributed by atoms with Crippen molar-refractivity contribution in [2.24, 2.45) is 5.73 Å². The second-order valence-electron chi connectivity index (χ2n) is 4.17. The van der Waals surface area contributed by atoms with Crippen LogP contribution in [-0.4, -0.2) is 18.4 Å². The summed E-state index contributed by atoms with van der Waals surface area (Å²) in [6.45, 7) is 3.57. The van der Waals surface area contributed by atoms with Gasteiger partial charge in [-0.15, -0.1) is 11.3 Å². The van der Waals surface area contributed by atoms with Gasteiger partial charge >= 0.3 is 0 Å². The van der Waals surface area contributed by atoms with Crippen LogP contribution >= 0.6 is 23.6 Å². The summed E-state index contributed by atoms with van der Waals surface area (Å²) in [5.41, 5.74) is 7.39. The molecule has 0 bridgehead atoms. The highest BCUT2D eigenvalue weighted by Crippen LogP contribution is 2.25. The lowest BCUT2D eigenvalue weighted by atomic mass is 10.1. The molecule has 106 valence electrons. The first kappa shape index (κ1) is 14.9. The summed E-state index contributed by atoms with van der Waals surface area (Å²) in [6.07, 6.45) is 1.33. The molecule has 5 nitrogen and oxygen atoms in total. The maximum absolute atomic E-state index is 12.3. The zero-order valence-corrected chi connectivity index (χ0v) is 13.3. The number of aryl methyl sites for hydroxylation is 2. The van der Waals surface area contributed by atoms with E-state index in [0.717, 1.165) is 16.9 Å². The molecule has 2 aromatic rings. The van der Waals surface area contributed by atoms with Crippen molar-refractivity contribution in [1.82, 2.24) is 4.98 Å². The van der Waals surface area contributed by atoms with E-state index in [-0.39, 0.29) is 9.20 Å². The van der Waals surface area contributed by atoms with Gasteiger partial charge < -0.3 is 5.73 Å². The first-order chi connectivity index (χ1) is 9.31. The predicted octanol–water partition coefficient (Wildman–Crippen LogP) is 2.19. The number of nitrogens with one attached hydrogen (secondary N) is 1. The minimum absolute atomic E-state index is 0.154. The molecule has 0 aliphatic rings. The van der Waals surface area contributed by atoms with E-state index in [0.29, 0.717) is 16.3 Å². The van der Waals surface area contributed by atoms with Crippen molar-refractivity contribution in [1.29, 1.82) is 0 Å². The fraction of sp³-hybridized carbons (Fsp3) is 0.167. The quantitative estimate of drug-likeness (QED) is 0.841. The van der Waals surface area contributed by atoms with Crippen LogP contribution in [0, 0.1) is 13.8 Å². The van der Waals surface area contributed by atoms with Gasteiger partial charge in [-0.05, 0) is 25.5 Å². The Bertz CT molecular complexity index is 766. The number of rotatable bonds is 4. The highest BCUT2D eigenvalue weighted by atomic mass is 32.2. The third-order valence-corrected chi connectivity index (χ3v) is 5.57. The molecule has 1 aromatic heterocycles. The minimum atomic E-state index is -3.67. The van der Waals surface area contributed by atoms with Crippen LogP contribution in [0.3, 0.4) is 0 Å². The number of benzene rings is 1. The first-order valence-corrected chi connectivity index (χ1v) is 8.37. The average molecular weight is 327 g/mol. The smallest absolute Gasteiger partial charge is 0.273 e. The molecule has 0 saturated heterocycles. The number of anilines is 1. The Balaban J connectivity index is 2.45. The lowest BCUT2D eigenvalue weighted by Gasteiger charge is -2.12. The standard InChI is InChI=1S/C12H13N3O2S3/c1-7-4-3-5-9(11(7)12(13)18)15-20(16,17)10-6-14-8(2)19-10/h3-6,15H,1-2H3,(H2,13,18). The van der Waals surface area contributed by atoms with E-state index in [4.69, 9.17) is 18.0 Å². The maximum Gasteiger partial charge on any atom is 0.273 e. The second-order valence-corrected chi connectivity index (χ2v) is 7.75. The van der Waals surface area contributed by atoms with Crippen molar-refractivity contribution < 1.29 is 8.42 Å². The number of hydrogen-bond acceptors (Lipinski definition) is 5. The van der Waals surface area contributed by atoms with Gasteiger partial charge in [0.15, 0.2) is 4.21 Å². The van der Waals surface area contributed by atoms with Gasteiger partial charge in [-0.1, -0.05) is 24.4 Å². The van der Waals surface area contributed by atoms with Crippen LogP contribution in [0.5, 0.6) is 0 Å². The largest absolute Gasteiger partial charge is 0.389 e. The number of nitrogens with zero attached hydrogens (tertiary/aromatic N) is 1. The monoisotopic (exact) mass is 327 g/mol. The molecule has 0 saturated carbocycles. The first-order valence-electron chi connectivity index (χ1n) is 5.66. The van der Waals surface area contributed by atoms with Crippen molar-refractivity contribution in [3.63, 3.8) is 0 Å². The van der Waals surface area contributed by atoms with Gasteiger partial charge in [0.1, 0.15) is 4.99 Å². The van der Waals surface area contributed by atoms with Crippen LogP contribution in [0.4, 0.5) is 5.69 Å². The van der Waals surface area contributed by atoms with Crippen molar-refractivity contribution in [2.45, 2.75) is 18.1 Å². The molecular weight excluding hydrogens is 314 g/mol. The SMILES string of the molecule is Cc1ncc(S(=O)(=O)Nc2cccc(C)c2C(N)=S)s1. The molecule has 0 spiro atoms. The van der Waals surface area contributed by atoms with E-state index in [2.05, 4.69) is 9.71 Å². The van der Waals surface area contributed by atoms with Crippen LogP contribution in [0.2, 0.25) is 0 Å². The molecule has 1 heterocycles. The molecule has 0 radical (unpaired) electrons. The van der Waals surface area contributed by atoms with Crippen LogP contribution in [0.15, 0.2) is 28.6 Å². The minimum Gasteiger partial charge on any atom is -0.389 e. The lowest BCUT2D eigenvalue weighted by molar-refractivity contribution is 0.603. The van der Waals surface area contributed by atoms with Gasteiger partial charge in [0.05, 0.1) is 16.9 Å². The highest BCUT2D eigenvalue weighted by Gasteiger charge is 2.19. The number of aromatic nitrogens is 1. The van der Waals surface area contributed by atoms with Gasteiger partial charge in [-0.3, -0.25) is 4.72 Å². The van der Waals surface area contributed by atoms with Gasteiger partial charge in [0.25, 0.3) is 10.0 Å². The lowest BCUT2D eigenvalue weighted by Crippen LogP contribution is -2.18. The second kappa shape index (κ2) is 5.47. The Kier molecular flexibility index (Phi) is 4.07. The van der Waals surface area contributed by atoms with E-state index >= 15 is 0 Å². The van der Waals surface area contributed by atoms with Crippen LogP contribution in [0.1, 0.15) is 16.1 Å². The zero-order chi connectivity index (χ0) is 14.9. The van der Waals surface area contributed by atoms with Crippen molar-refractivity contribution in [2.75, 3.05) is 4.72 Å². The van der Waals surface area contributed by atoms with Gasteiger partial charge in [0.2, 0.25) is 0 Å². The molecule has 0 fully saturated rings. The fourth-order valence-electron chi connectivity index (χ4n) is 1.74. The Morgan fingerprint density at radius 3 is 2.65 bits per heavy atom. The maximum atomic E-state index is 12.3. The third kappa shape index (κ3) is 2.97. The average Bonchev–Trinajstić information content (AvgIpc) is 2.75. The Morgan fingerprint density at radius 2 is 2.10 bits per heavy atom. The summed E-state index contributed by atoms with van der Waals surface area (Å²) < 4.78 is 27.2. The van der Waals surface area contributed by atoms with Crippen LogP contribution in [0.25, 0.3) is 0 Å². The zero-order valence-electron chi connectivity index (χ0n) is 10.9. The summed E-state index contributed by atoms with van der Waals surface area (Å²) in [7, 11) is -3.67. The summed E-state index contributed by atoms with van der Waals surface area (Å²) in [6, 6.07) is 5.20. The van der Waals surface area contributed by atoms with Crippen molar-refractivity contribution >= 4 is 44.3 Å². The molecule has 20 heavy (non-hydrogen) atoms. The van der Waals surface area contributed by atoms with E-state index < -0.39 is 10.0 Å². The Hall–Kier alpha value is -1.51. The molecule has 0 aliphatic heterocycles. The van der Waals surface area contributed by atoms with Gasteiger partial charge in [-0.2, -0.15) is 0 Å². The summed E-state index contributed by atoms with van der Waals surface area (Å²) in [5, 5.41) is 0.684. The normalized spacial score (nSPS) is 11.3. The molecule has 0 unspecified atom stereocenters. The van der Waals surface area contributed by atoms with Crippen molar-refractivity contribution in [3.8, 4) is 0 Å². The van der Waals surface area contributed by atoms with Crippen LogP contribution in [-0.2, 0) is 10.0 Å². The van der Waals surface area contributed by atoms with E-state index in [9.17, 15) is 8.42 Å². The molecule has 0 amide bonds. The third-order valence-electron chi connectivity index (χ3n) is 2.63. The van der Waals surface area contributed by atoms with E-state index in [1.807, 2.05) is 13.0 Å². The van der Waals surface area contributed by atoms with Gasteiger partial charge in [0, 0.05) is 5.56 Å². The molecule has 2 rings (SSSR count). The topological polar surface area (TPSA) is 85.1 Å². The number of sulfonamides is 1. The molecule has 3 N–H and O–H groups in total. The fourth-order valence-corrected chi connectivity index (χ4v) is 4.19. The van der Waals surface area contributed by atoms with Gasteiger partial charge in [-0.25, -0.2) is 13.4 Å². The molecular formula is C12H13N3O2S3. The summed E-state index contributed by atoms with van der Waals surface area (Å²) in [5.74, 6) is 0. The molecule has 8 heteroatoms. The number of nitrogens with two attached hydrogens (primary N) is 1. The number of hydrogen-bond donors (Lipinski definition) is 2. The number of thiazole rings is 1. The Morgan fingerprint density at radius 1 is 1.40 bits per heavy atom. The highest BCUT2D eigenvalue weighted by molar-refractivity contribution is 7.94. The summed E-state index contributed by atoms with van der Waals surface area (Å²) in [4.78, 5) is 4.10. The molecule has 0 aliphatic carbocycles. The van der Waals surface area contributed by atoms with Crippen LogP contribution < -0.4 is 10.5 Å².